The zero-order valence-corrected chi connectivity index (χ0v) is 15.1. The average Bonchev–Trinajstić information content (AvgIpc) is 2.45. The van der Waals surface area contributed by atoms with E-state index in [0.29, 0.717) is 29.6 Å². The molecule has 2 rings (SSSR count). The number of anilines is 1. The highest BCUT2D eigenvalue weighted by Gasteiger charge is 2.26. The number of ether oxygens (including phenoxy) is 1. The molecule has 132 valence electrons. The Kier molecular flexibility index (Phi) is 6.37. The SMILES string of the molecule is CC(C)OC(=O)c1ccc(NC(=O)C[NH+]2C[C@@H](C)C[C@H](C)C2)cc1. The monoisotopic (exact) mass is 333 g/mol. The van der Waals surface area contributed by atoms with E-state index in [1.807, 2.05) is 13.8 Å². The predicted octanol–water partition coefficient (Wildman–Crippen LogP) is 1.75. The topological polar surface area (TPSA) is 59.8 Å². The van der Waals surface area contributed by atoms with Crippen LogP contribution in [0, 0.1) is 11.8 Å². The maximum atomic E-state index is 12.2. The Hall–Kier alpha value is -1.88. The molecule has 1 aliphatic heterocycles. The fourth-order valence-electron chi connectivity index (χ4n) is 3.47. The highest BCUT2D eigenvalue weighted by molar-refractivity contribution is 5.93. The van der Waals surface area contributed by atoms with Crippen LogP contribution in [0.15, 0.2) is 24.3 Å². The molecule has 1 amide bonds. The summed E-state index contributed by atoms with van der Waals surface area (Å²) >= 11 is 0. The Morgan fingerprint density at radius 3 is 2.29 bits per heavy atom. The molecule has 2 N–H and O–H groups in total. The molecule has 0 aliphatic carbocycles. The molecule has 0 saturated carbocycles. The van der Waals surface area contributed by atoms with E-state index in [2.05, 4.69) is 19.2 Å². The summed E-state index contributed by atoms with van der Waals surface area (Å²) in [6, 6.07) is 6.84. The minimum Gasteiger partial charge on any atom is -0.459 e. The number of amides is 1. The van der Waals surface area contributed by atoms with Crippen LogP contribution >= 0.6 is 0 Å². The molecule has 0 unspecified atom stereocenters. The van der Waals surface area contributed by atoms with Gasteiger partial charge < -0.3 is 15.0 Å². The van der Waals surface area contributed by atoms with Gasteiger partial charge in [-0.05, 0) is 44.5 Å². The molecule has 0 spiro atoms. The summed E-state index contributed by atoms with van der Waals surface area (Å²) in [6.07, 6.45) is 1.10. The number of quaternary nitrogens is 1. The van der Waals surface area contributed by atoms with E-state index in [1.165, 1.54) is 11.3 Å². The molecule has 0 bridgehead atoms. The van der Waals surface area contributed by atoms with Gasteiger partial charge in [0.15, 0.2) is 6.54 Å². The van der Waals surface area contributed by atoms with E-state index in [0.717, 1.165) is 13.1 Å². The Labute approximate surface area is 144 Å². The van der Waals surface area contributed by atoms with Gasteiger partial charge in [0.25, 0.3) is 5.91 Å². The normalized spacial score (nSPS) is 23.8. The Morgan fingerprint density at radius 1 is 1.17 bits per heavy atom. The highest BCUT2D eigenvalue weighted by Crippen LogP contribution is 2.13. The van der Waals surface area contributed by atoms with Gasteiger partial charge in [-0.3, -0.25) is 4.79 Å². The summed E-state index contributed by atoms with van der Waals surface area (Å²) in [5.74, 6) is 1.01. The van der Waals surface area contributed by atoms with Gasteiger partial charge in [-0.2, -0.15) is 0 Å². The van der Waals surface area contributed by atoms with Gasteiger partial charge in [0.1, 0.15) is 0 Å². The number of rotatable bonds is 5. The van der Waals surface area contributed by atoms with Gasteiger partial charge in [-0.25, -0.2) is 4.79 Å². The predicted molar refractivity (Wildman–Crippen MR) is 94.1 cm³/mol. The van der Waals surface area contributed by atoms with Crippen molar-refractivity contribution in [3.63, 3.8) is 0 Å². The van der Waals surface area contributed by atoms with Gasteiger partial charge in [0, 0.05) is 17.5 Å². The maximum absolute atomic E-state index is 12.2. The smallest absolute Gasteiger partial charge is 0.338 e. The third-order valence-electron chi connectivity index (χ3n) is 4.24. The lowest BCUT2D eigenvalue weighted by Crippen LogP contribution is -3.15. The van der Waals surface area contributed by atoms with Crippen LogP contribution in [0.25, 0.3) is 0 Å². The van der Waals surface area contributed by atoms with E-state index < -0.39 is 0 Å². The van der Waals surface area contributed by atoms with Gasteiger partial charge in [-0.15, -0.1) is 0 Å². The number of benzene rings is 1. The van der Waals surface area contributed by atoms with Gasteiger partial charge in [-0.1, -0.05) is 13.8 Å². The van der Waals surface area contributed by atoms with Gasteiger partial charge in [0.05, 0.1) is 24.8 Å². The molecular formula is C19H29N2O3+. The van der Waals surface area contributed by atoms with E-state index in [1.54, 1.807) is 24.3 Å². The van der Waals surface area contributed by atoms with Crippen molar-refractivity contribution < 1.29 is 19.2 Å². The first kappa shape index (κ1) is 18.5. The molecule has 24 heavy (non-hydrogen) atoms. The lowest BCUT2D eigenvalue weighted by Gasteiger charge is -2.31. The van der Waals surface area contributed by atoms with Crippen molar-refractivity contribution in [2.45, 2.75) is 40.2 Å². The summed E-state index contributed by atoms with van der Waals surface area (Å²) in [4.78, 5) is 25.4. The zero-order chi connectivity index (χ0) is 17.7. The number of likely N-dealkylation sites (tertiary alicyclic amines) is 1. The van der Waals surface area contributed by atoms with Crippen molar-refractivity contribution in [1.29, 1.82) is 0 Å². The molecule has 1 aromatic carbocycles. The highest BCUT2D eigenvalue weighted by atomic mass is 16.5. The van der Waals surface area contributed by atoms with E-state index >= 15 is 0 Å². The minimum absolute atomic E-state index is 0.0174. The third kappa shape index (κ3) is 5.64. The van der Waals surface area contributed by atoms with E-state index in [4.69, 9.17) is 4.74 Å². The van der Waals surface area contributed by atoms with Crippen molar-refractivity contribution in [3.8, 4) is 0 Å². The number of carbonyl (C=O) groups excluding carboxylic acids is 2. The number of hydrogen-bond acceptors (Lipinski definition) is 3. The molecule has 1 heterocycles. The second kappa shape index (κ2) is 8.29. The van der Waals surface area contributed by atoms with Crippen molar-refractivity contribution in [2.24, 2.45) is 11.8 Å². The molecule has 2 atom stereocenters. The van der Waals surface area contributed by atoms with Crippen molar-refractivity contribution >= 4 is 17.6 Å². The lowest BCUT2D eigenvalue weighted by molar-refractivity contribution is -0.904. The Balaban J connectivity index is 1.86. The van der Waals surface area contributed by atoms with Crippen LogP contribution < -0.4 is 10.2 Å². The van der Waals surface area contributed by atoms with Crippen LogP contribution in [-0.4, -0.2) is 37.6 Å². The van der Waals surface area contributed by atoms with Crippen molar-refractivity contribution in [3.05, 3.63) is 29.8 Å². The number of piperidine rings is 1. The number of hydrogen-bond donors (Lipinski definition) is 2. The first-order chi connectivity index (χ1) is 11.3. The summed E-state index contributed by atoms with van der Waals surface area (Å²) in [5.41, 5.74) is 1.20. The van der Waals surface area contributed by atoms with Crippen LogP contribution in [0.5, 0.6) is 0 Å². The first-order valence-electron chi connectivity index (χ1n) is 8.78. The molecule has 1 aliphatic rings. The zero-order valence-electron chi connectivity index (χ0n) is 15.1. The van der Waals surface area contributed by atoms with E-state index in [-0.39, 0.29) is 18.0 Å². The van der Waals surface area contributed by atoms with Crippen LogP contribution in [-0.2, 0) is 9.53 Å². The van der Waals surface area contributed by atoms with E-state index in [9.17, 15) is 9.59 Å². The van der Waals surface area contributed by atoms with Crippen LogP contribution in [0.4, 0.5) is 5.69 Å². The summed E-state index contributed by atoms with van der Waals surface area (Å²) in [6.45, 7) is 10.7. The minimum atomic E-state index is -0.344. The number of esters is 1. The van der Waals surface area contributed by atoms with Crippen LogP contribution in [0.2, 0.25) is 0 Å². The molecule has 0 radical (unpaired) electrons. The Morgan fingerprint density at radius 2 is 1.75 bits per heavy atom. The quantitative estimate of drug-likeness (QED) is 0.807. The van der Waals surface area contributed by atoms with Crippen LogP contribution in [0.1, 0.15) is 44.5 Å². The Bertz CT molecular complexity index is 558. The fourth-order valence-corrected chi connectivity index (χ4v) is 3.47. The first-order valence-corrected chi connectivity index (χ1v) is 8.78. The molecule has 5 heteroatoms. The number of nitrogens with one attached hydrogen (secondary N) is 2. The molecule has 0 aromatic heterocycles. The summed E-state index contributed by atoms with van der Waals surface area (Å²) in [7, 11) is 0. The van der Waals surface area contributed by atoms with Crippen LogP contribution in [0.3, 0.4) is 0 Å². The standard InChI is InChI=1S/C19H28N2O3/c1-13(2)24-19(23)16-5-7-17(8-6-16)20-18(22)12-21-10-14(3)9-15(4)11-21/h5-8,13-15H,9-12H2,1-4H3,(H,20,22)/p+1/t14-,15-/m0/s1. The maximum Gasteiger partial charge on any atom is 0.338 e. The second-order valence-electron chi connectivity index (χ2n) is 7.36. The molecule has 1 fully saturated rings. The summed E-state index contributed by atoms with van der Waals surface area (Å²) < 4.78 is 5.15. The molecule has 1 aromatic rings. The van der Waals surface area contributed by atoms with Gasteiger partial charge in [0.2, 0.25) is 0 Å². The van der Waals surface area contributed by atoms with Gasteiger partial charge >= 0.3 is 5.97 Å². The molecular weight excluding hydrogens is 304 g/mol. The van der Waals surface area contributed by atoms with Crippen molar-refractivity contribution in [1.82, 2.24) is 0 Å². The average molecular weight is 333 g/mol. The second-order valence-corrected chi connectivity index (χ2v) is 7.36. The summed E-state index contributed by atoms with van der Waals surface area (Å²) in [5, 5.41) is 2.91. The third-order valence-corrected chi connectivity index (χ3v) is 4.24. The molecule has 5 nitrogen and oxygen atoms in total. The fraction of sp³-hybridized carbons (Fsp3) is 0.579. The molecule has 1 saturated heterocycles. The number of carbonyl (C=O) groups is 2. The van der Waals surface area contributed by atoms with Crippen molar-refractivity contribution in [2.75, 3.05) is 25.0 Å². The lowest BCUT2D eigenvalue weighted by atomic mass is 9.92. The largest absolute Gasteiger partial charge is 0.459 e.